The van der Waals surface area contributed by atoms with Gasteiger partial charge in [0.2, 0.25) is 15.9 Å². The van der Waals surface area contributed by atoms with E-state index in [0.29, 0.717) is 5.69 Å². The van der Waals surface area contributed by atoms with E-state index >= 15 is 0 Å². The third-order valence-corrected chi connectivity index (χ3v) is 3.04. The average molecular weight is 256 g/mol. The van der Waals surface area contributed by atoms with Crippen molar-refractivity contribution in [1.82, 2.24) is 0 Å². The summed E-state index contributed by atoms with van der Waals surface area (Å²) in [6.07, 6.45) is -0.133. The maximum atomic E-state index is 11.5. The molecule has 1 aromatic carbocycles. The molecule has 0 aliphatic heterocycles. The second-order valence-corrected chi connectivity index (χ2v) is 5.72. The van der Waals surface area contributed by atoms with Crippen molar-refractivity contribution >= 4 is 21.6 Å². The Balaban J connectivity index is 2.62. The summed E-state index contributed by atoms with van der Waals surface area (Å²) >= 11 is 0. The number of carbonyl (C=O) groups is 1. The summed E-state index contributed by atoms with van der Waals surface area (Å²) in [6, 6.07) is 5.61. The van der Waals surface area contributed by atoms with Crippen molar-refractivity contribution < 1.29 is 13.2 Å². The molecule has 17 heavy (non-hydrogen) atoms. The van der Waals surface area contributed by atoms with E-state index in [0.717, 1.165) is 11.1 Å². The van der Waals surface area contributed by atoms with Crippen LogP contribution >= 0.6 is 0 Å². The highest BCUT2D eigenvalue weighted by Gasteiger charge is 2.09. The van der Waals surface area contributed by atoms with Gasteiger partial charge in [-0.1, -0.05) is 17.7 Å². The molecular weight excluding hydrogens is 240 g/mol. The van der Waals surface area contributed by atoms with Crippen LogP contribution in [0.3, 0.4) is 0 Å². The van der Waals surface area contributed by atoms with Gasteiger partial charge in [0.15, 0.2) is 0 Å². The molecule has 0 saturated heterocycles. The van der Waals surface area contributed by atoms with Gasteiger partial charge in [-0.25, -0.2) is 13.6 Å². The maximum absolute atomic E-state index is 11.5. The summed E-state index contributed by atoms with van der Waals surface area (Å²) in [5.74, 6) is -0.699. The van der Waals surface area contributed by atoms with Crippen molar-refractivity contribution in [2.75, 3.05) is 11.1 Å². The Morgan fingerprint density at radius 3 is 2.53 bits per heavy atom. The van der Waals surface area contributed by atoms with Gasteiger partial charge in [-0.3, -0.25) is 4.79 Å². The highest BCUT2D eigenvalue weighted by atomic mass is 32.2. The number of carbonyl (C=O) groups excluding carboxylic acids is 1. The van der Waals surface area contributed by atoms with Crippen molar-refractivity contribution in [3.63, 3.8) is 0 Å². The summed E-state index contributed by atoms with van der Waals surface area (Å²) in [7, 11) is -3.59. The van der Waals surface area contributed by atoms with Crippen LogP contribution in [0.1, 0.15) is 17.5 Å². The van der Waals surface area contributed by atoms with Gasteiger partial charge in [-0.15, -0.1) is 0 Å². The third-order valence-electron chi connectivity index (χ3n) is 2.27. The number of amides is 1. The second-order valence-electron chi connectivity index (χ2n) is 3.98. The van der Waals surface area contributed by atoms with Crippen molar-refractivity contribution in [3.05, 3.63) is 29.3 Å². The molecule has 1 aromatic rings. The van der Waals surface area contributed by atoms with Gasteiger partial charge in [-0.05, 0) is 25.5 Å². The number of rotatable bonds is 4. The minimum absolute atomic E-state index is 0.133. The molecule has 0 radical (unpaired) electrons. The van der Waals surface area contributed by atoms with E-state index in [-0.39, 0.29) is 18.1 Å². The fourth-order valence-corrected chi connectivity index (χ4v) is 1.87. The number of nitrogens with two attached hydrogens (primary N) is 1. The Labute approximate surface area is 101 Å². The lowest BCUT2D eigenvalue weighted by atomic mass is 10.1. The fraction of sp³-hybridized carbons (Fsp3) is 0.364. The third kappa shape index (κ3) is 4.97. The first-order valence-electron chi connectivity index (χ1n) is 5.15. The van der Waals surface area contributed by atoms with E-state index in [4.69, 9.17) is 5.14 Å². The largest absolute Gasteiger partial charge is 0.326 e. The molecular formula is C11H16N2O3S. The monoisotopic (exact) mass is 256 g/mol. The van der Waals surface area contributed by atoms with E-state index in [1.807, 2.05) is 26.0 Å². The zero-order valence-electron chi connectivity index (χ0n) is 9.86. The summed E-state index contributed by atoms with van der Waals surface area (Å²) in [5, 5.41) is 7.47. The normalized spacial score (nSPS) is 11.2. The molecule has 0 spiro atoms. The van der Waals surface area contributed by atoms with E-state index in [2.05, 4.69) is 5.32 Å². The molecule has 0 aliphatic rings. The molecule has 0 aliphatic carbocycles. The number of hydrogen-bond donors (Lipinski definition) is 2. The first-order valence-corrected chi connectivity index (χ1v) is 6.87. The fourth-order valence-electron chi connectivity index (χ4n) is 1.40. The lowest BCUT2D eigenvalue weighted by Gasteiger charge is -2.08. The van der Waals surface area contributed by atoms with Gasteiger partial charge in [0.25, 0.3) is 0 Å². The molecule has 94 valence electrons. The molecule has 1 rings (SSSR count). The number of anilines is 1. The predicted octanol–water partition coefficient (Wildman–Crippen LogP) is 0.921. The number of hydrogen-bond acceptors (Lipinski definition) is 3. The van der Waals surface area contributed by atoms with Gasteiger partial charge in [0, 0.05) is 12.1 Å². The van der Waals surface area contributed by atoms with Gasteiger partial charge < -0.3 is 5.32 Å². The Morgan fingerprint density at radius 1 is 1.35 bits per heavy atom. The Morgan fingerprint density at radius 2 is 2.00 bits per heavy atom. The van der Waals surface area contributed by atoms with Crippen LogP contribution in [-0.4, -0.2) is 20.1 Å². The smallest absolute Gasteiger partial charge is 0.225 e. The first-order chi connectivity index (χ1) is 7.78. The SMILES string of the molecule is Cc1ccc(NC(=O)CCS(N)(=O)=O)c(C)c1. The molecule has 3 N–H and O–H groups in total. The minimum atomic E-state index is -3.59. The van der Waals surface area contributed by atoms with Crippen LogP contribution in [0.5, 0.6) is 0 Å². The molecule has 0 fully saturated rings. The molecule has 5 nitrogen and oxygen atoms in total. The maximum Gasteiger partial charge on any atom is 0.225 e. The first kappa shape index (κ1) is 13.7. The van der Waals surface area contributed by atoms with E-state index in [1.165, 1.54) is 0 Å². The van der Waals surface area contributed by atoms with Crippen molar-refractivity contribution in [2.24, 2.45) is 5.14 Å². The number of sulfonamides is 1. The molecule has 0 aromatic heterocycles. The van der Waals surface area contributed by atoms with Gasteiger partial charge in [0.05, 0.1) is 5.75 Å². The van der Waals surface area contributed by atoms with Crippen LogP contribution in [0.2, 0.25) is 0 Å². The molecule has 0 atom stereocenters. The van der Waals surface area contributed by atoms with Gasteiger partial charge >= 0.3 is 0 Å². The van der Waals surface area contributed by atoms with Crippen LogP contribution < -0.4 is 10.5 Å². The summed E-state index contributed by atoms with van der Waals surface area (Å²) in [5.41, 5.74) is 2.73. The Kier molecular flexibility index (Phi) is 4.25. The van der Waals surface area contributed by atoms with Crippen LogP contribution in [0, 0.1) is 13.8 Å². The van der Waals surface area contributed by atoms with Crippen molar-refractivity contribution in [3.8, 4) is 0 Å². The number of aryl methyl sites for hydroxylation is 2. The molecule has 0 bridgehead atoms. The van der Waals surface area contributed by atoms with Gasteiger partial charge in [0.1, 0.15) is 0 Å². The average Bonchev–Trinajstić information content (AvgIpc) is 2.18. The van der Waals surface area contributed by atoms with Crippen LogP contribution in [0.15, 0.2) is 18.2 Å². The van der Waals surface area contributed by atoms with Crippen molar-refractivity contribution in [1.29, 1.82) is 0 Å². The zero-order chi connectivity index (χ0) is 13.1. The lowest BCUT2D eigenvalue weighted by molar-refractivity contribution is -0.115. The standard InChI is InChI=1S/C11H16N2O3S/c1-8-3-4-10(9(2)7-8)13-11(14)5-6-17(12,15)16/h3-4,7H,5-6H2,1-2H3,(H,13,14)(H2,12,15,16). The summed E-state index contributed by atoms with van der Waals surface area (Å²) in [4.78, 5) is 11.5. The number of benzene rings is 1. The highest BCUT2D eigenvalue weighted by molar-refractivity contribution is 7.89. The quantitative estimate of drug-likeness (QED) is 0.839. The molecule has 6 heteroatoms. The van der Waals surface area contributed by atoms with E-state index < -0.39 is 10.0 Å². The van der Waals surface area contributed by atoms with Crippen LogP contribution in [0.25, 0.3) is 0 Å². The predicted molar refractivity (Wildman–Crippen MR) is 67.1 cm³/mol. The lowest BCUT2D eigenvalue weighted by Crippen LogP contribution is -2.22. The molecule has 1 amide bonds. The molecule has 0 unspecified atom stereocenters. The summed E-state index contributed by atoms with van der Waals surface area (Å²) in [6.45, 7) is 3.84. The van der Waals surface area contributed by atoms with E-state index in [1.54, 1.807) is 6.07 Å². The zero-order valence-corrected chi connectivity index (χ0v) is 10.7. The minimum Gasteiger partial charge on any atom is -0.326 e. The topological polar surface area (TPSA) is 89.3 Å². The number of primary sulfonamides is 1. The Hall–Kier alpha value is -1.40. The Bertz CT molecular complexity index is 524. The second kappa shape index (κ2) is 5.29. The molecule has 0 heterocycles. The van der Waals surface area contributed by atoms with Gasteiger partial charge in [-0.2, -0.15) is 0 Å². The van der Waals surface area contributed by atoms with E-state index in [9.17, 15) is 13.2 Å². The number of nitrogens with one attached hydrogen (secondary N) is 1. The van der Waals surface area contributed by atoms with Crippen LogP contribution in [0.4, 0.5) is 5.69 Å². The van der Waals surface area contributed by atoms with Crippen molar-refractivity contribution in [2.45, 2.75) is 20.3 Å². The molecule has 0 saturated carbocycles. The highest BCUT2D eigenvalue weighted by Crippen LogP contribution is 2.16. The summed E-state index contributed by atoms with van der Waals surface area (Å²) < 4.78 is 21.4. The van der Waals surface area contributed by atoms with Crippen LogP contribution in [-0.2, 0) is 14.8 Å².